The summed E-state index contributed by atoms with van der Waals surface area (Å²) in [5.74, 6) is 0.977. The van der Waals surface area contributed by atoms with Crippen molar-refractivity contribution >= 4 is 11.8 Å². The minimum Gasteiger partial charge on any atom is -0.303 e. The molecule has 0 bridgehead atoms. The molecule has 1 aromatic rings. The van der Waals surface area contributed by atoms with Crippen LogP contribution in [0.15, 0.2) is 29.2 Å². The van der Waals surface area contributed by atoms with E-state index in [1.54, 1.807) is 0 Å². The number of hydrogen-bond donors (Lipinski definition) is 0. The molecule has 1 fully saturated rings. The van der Waals surface area contributed by atoms with Crippen molar-refractivity contribution in [3.05, 3.63) is 30.1 Å². The molecule has 0 spiro atoms. The Bertz CT molecular complexity index is 319. The molecule has 1 aliphatic heterocycles. The van der Waals surface area contributed by atoms with E-state index in [0.29, 0.717) is 0 Å². The van der Waals surface area contributed by atoms with Gasteiger partial charge < -0.3 is 4.90 Å². The van der Waals surface area contributed by atoms with Crippen molar-refractivity contribution in [2.75, 3.05) is 25.4 Å². The first-order valence-electron chi connectivity index (χ1n) is 6.45. The van der Waals surface area contributed by atoms with Crippen LogP contribution in [0, 0.1) is 5.82 Å². The van der Waals surface area contributed by atoms with E-state index >= 15 is 0 Å². The number of piperidine rings is 1. The van der Waals surface area contributed by atoms with Gasteiger partial charge in [-0.25, -0.2) is 4.39 Å². The lowest BCUT2D eigenvalue weighted by Gasteiger charge is -2.26. The van der Waals surface area contributed by atoms with Gasteiger partial charge >= 0.3 is 0 Å². The lowest BCUT2D eigenvalue weighted by molar-refractivity contribution is 0.230. The Labute approximate surface area is 107 Å². The molecule has 0 amide bonds. The SMILES string of the molecule is Fc1ccc(SCCCN2CCCCC2)cc1. The molecular weight excluding hydrogens is 233 g/mol. The number of nitrogens with zero attached hydrogens (tertiary/aromatic N) is 1. The zero-order chi connectivity index (χ0) is 11.9. The lowest BCUT2D eigenvalue weighted by atomic mass is 10.1. The molecule has 1 aromatic carbocycles. The molecule has 2 rings (SSSR count). The van der Waals surface area contributed by atoms with E-state index in [0.717, 1.165) is 5.75 Å². The Balaban J connectivity index is 1.60. The number of halogens is 1. The van der Waals surface area contributed by atoms with Gasteiger partial charge in [-0.05, 0) is 68.9 Å². The molecule has 0 radical (unpaired) electrons. The highest BCUT2D eigenvalue weighted by Gasteiger charge is 2.08. The van der Waals surface area contributed by atoms with Crippen LogP contribution in [0.25, 0.3) is 0 Å². The quantitative estimate of drug-likeness (QED) is 0.580. The molecule has 1 nitrogen and oxygen atoms in total. The van der Waals surface area contributed by atoms with Gasteiger partial charge in [0, 0.05) is 4.90 Å². The van der Waals surface area contributed by atoms with Gasteiger partial charge in [-0.2, -0.15) is 0 Å². The van der Waals surface area contributed by atoms with Crippen LogP contribution in [0.2, 0.25) is 0 Å². The average molecular weight is 253 g/mol. The number of likely N-dealkylation sites (tertiary alicyclic amines) is 1. The fourth-order valence-electron chi connectivity index (χ4n) is 2.19. The predicted octanol–water partition coefficient (Wildman–Crippen LogP) is 3.79. The molecule has 0 aromatic heterocycles. The van der Waals surface area contributed by atoms with Gasteiger partial charge in [-0.1, -0.05) is 6.42 Å². The Morgan fingerprint density at radius 3 is 2.47 bits per heavy atom. The Morgan fingerprint density at radius 1 is 1.06 bits per heavy atom. The Morgan fingerprint density at radius 2 is 1.76 bits per heavy atom. The zero-order valence-corrected chi connectivity index (χ0v) is 11.0. The van der Waals surface area contributed by atoms with Gasteiger partial charge in [-0.15, -0.1) is 11.8 Å². The molecule has 0 saturated carbocycles. The second-order valence-electron chi connectivity index (χ2n) is 4.56. The first kappa shape index (κ1) is 12.9. The number of thioether (sulfide) groups is 1. The summed E-state index contributed by atoms with van der Waals surface area (Å²) in [4.78, 5) is 3.74. The monoisotopic (exact) mass is 253 g/mol. The Kier molecular flexibility index (Phi) is 5.33. The second kappa shape index (κ2) is 7.02. The van der Waals surface area contributed by atoms with E-state index in [-0.39, 0.29) is 5.82 Å². The summed E-state index contributed by atoms with van der Waals surface area (Å²) in [7, 11) is 0. The highest BCUT2D eigenvalue weighted by molar-refractivity contribution is 7.99. The number of benzene rings is 1. The summed E-state index contributed by atoms with van der Waals surface area (Å²) in [5, 5.41) is 0. The molecule has 0 N–H and O–H groups in total. The van der Waals surface area contributed by atoms with E-state index in [1.807, 2.05) is 23.9 Å². The Hall–Kier alpha value is -0.540. The van der Waals surface area contributed by atoms with Crippen molar-refractivity contribution in [2.24, 2.45) is 0 Å². The minimum atomic E-state index is -0.150. The molecule has 17 heavy (non-hydrogen) atoms. The molecule has 0 aliphatic carbocycles. The van der Waals surface area contributed by atoms with E-state index in [2.05, 4.69) is 4.90 Å². The smallest absolute Gasteiger partial charge is 0.123 e. The normalized spacial score (nSPS) is 17.2. The van der Waals surface area contributed by atoms with E-state index in [9.17, 15) is 4.39 Å². The predicted molar refractivity (Wildman–Crippen MR) is 72.0 cm³/mol. The third kappa shape index (κ3) is 4.68. The van der Waals surface area contributed by atoms with Gasteiger partial charge in [0.1, 0.15) is 5.82 Å². The third-order valence-corrected chi connectivity index (χ3v) is 4.25. The van der Waals surface area contributed by atoms with Gasteiger partial charge in [0.2, 0.25) is 0 Å². The van der Waals surface area contributed by atoms with Crippen molar-refractivity contribution in [3.8, 4) is 0 Å². The second-order valence-corrected chi connectivity index (χ2v) is 5.73. The fourth-order valence-corrected chi connectivity index (χ4v) is 3.03. The molecule has 94 valence electrons. The maximum atomic E-state index is 12.7. The summed E-state index contributed by atoms with van der Waals surface area (Å²) in [6, 6.07) is 6.79. The van der Waals surface area contributed by atoms with Crippen molar-refractivity contribution in [1.82, 2.24) is 4.90 Å². The standard InChI is InChI=1S/C14H20FNS/c15-13-5-7-14(8-6-13)17-12-4-11-16-9-2-1-3-10-16/h5-8H,1-4,9-12H2. The first-order chi connectivity index (χ1) is 8.34. The van der Waals surface area contributed by atoms with Crippen molar-refractivity contribution in [2.45, 2.75) is 30.6 Å². The van der Waals surface area contributed by atoms with Crippen LogP contribution in [-0.2, 0) is 0 Å². The topological polar surface area (TPSA) is 3.24 Å². The molecule has 3 heteroatoms. The molecule has 0 atom stereocenters. The maximum Gasteiger partial charge on any atom is 0.123 e. The number of hydrogen-bond acceptors (Lipinski definition) is 2. The van der Waals surface area contributed by atoms with Crippen LogP contribution >= 0.6 is 11.8 Å². The molecular formula is C14H20FNS. The minimum absolute atomic E-state index is 0.150. The summed E-state index contributed by atoms with van der Waals surface area (Å²) < 4.78 is 12.7. The van der Waals surface area contributed by atoms with Gasteiger partial charge in [-0.3, -0.25) is 0 Å². The fraction of sp³-hybridized carbons (Fsp3) is 0.571. The van der Waals surface area contributed by atoms with Crippen LogP contribution in [0.3, 0.4) is 0 Å². The van der Waals surface area contributed by atoms with Crippen LogP contribution < -0.4 is 0 Å². The third-order valence-electron chi connectivity index (χ3n) is 3.15. The lowest BCUT2D eigenvalue weighted by Crippen LogP contribution is -2.30. The first-order valence-corrected chi connectivity index (χ1v) is 7.44. The molecule has 0 unspecified atom stereocenters. The summed E-state index contributed by atoms with van der Waals surface area (Å²) in [6.45, 7) is 3.77. The van der Waals surface area contributed by atoms with E-state index < -0.39 is 0 Å². The van der Waals surface area contributed by atoms with Crippen molar-refractivity contribution < 1.29 is 4.39 Å². The van der Waals surface area contributed by atoms with Crippen LogP contribution in [0.5, 0.6) is 0 Å². The summed E-state index contributed by atoms with van der Waals surface area (Å²) in [5.41, 5.74) is 0. The highest BCUT2D eigenvalue weighted by Crippen LogP contribution is 2.19. The summed E-state index contributed by atoms with van der Waals surface area (Å²) in [6.07, 6.45) is 5.36. The summed E-state index contributed by atoms with van der Waals surface area (Å²) >= 11 is 1.82. The van der Waals surface area contributed by atoms with Crippen molar-refractivity contribution in [3.63, 3.8) is 0 Å². The van der Waals surface area contributed by atoms with E-state index in [4.69, 9.17) is 0 Å². The molecule has 1 heterocycles. The molecule has 1 saturated heterocycles. The van der Waals surface area contributed by atoms with Gasteiger partial charge in [0.25, 0.3) is 0 Å². The van der Waals surface area contributed by atoms with Crippen LogP contribution in [0.4, 0.5) is 4.39 Å². The number of rotatable bonds is 5. The highest BCUT2D eigenvalue weighted by atomic mass is 32.2. The maximum absolute atomic E-state index is 12.7. The molecule has 1 aliphatic rings. The van der Waals surface area contributed by atoms with E-state index in [1.165, 1.54) is 62.3 Å². The average Bonchev–Trinajstić information content (AvgIpc) is 2.38. The van der Waals surface area contributed by atoms with Gasteiger partial charge in [0.05, 0.1) is 0 Å². The largest absolute Gasteiger partial charge is 0.303 e. The van der Waals surface area contributed by atoms with Crippen molar-refractivity contribution in [1.29, 1.82) is 0 Å². The van der Waals surface area contributed by atoms with Gasteiger partial charge in [0.15, 0.2) is 0 Å². The van der Waals surface area contributed by atoms with Crippen LogP contribution in [-0.4, -0.2) is 30.3 Å². The van der Waals surface area contributed by atoms with Crippen LogP contribution in [0.1, 0.15) is 25.7 Å². The zero-order valence-electron chi connectivity index (χ0n) is 10.2.